The van der Waals surface area contributed by atoms with Gasteiger partial charge in [0.2, 0.25) is 0 Å². The van der Waals surface area contributed by atoms with Gasteiger partial charge in [0.05, 0.1) is 18.8 Å². The summed E-state index contributed by atoms with van der Waals surface area (Å²) in [6, 6.07) is 0. The van der Waals surface area contributed by atoms with Gasteiger partial charge in [-0.25, -0.2) is 14.5 Å². The molecule has 6 nitrogen and oxygen atoms in total. The lowest BCUT2D eigenvalue weighted by atomic mass is 9.90. The van der Waals surface area contributed by atoms with E-state index in [4.69, 9.17) is 4.74 Å². The van der Waals surface area contributed by atoms with E-state index in [0.29, 0.717) is 13.2 Å². The first kappa shape index (κ1) is 15.6. The Morgan fingerprint density at radius 3 is 2.67 bits per heavy atom. The van der Waals surface area contributed by atoms with Crippen LogP contribution in [0.2, 0.25) is 0 Å². The maximum atomic E-state index is 12.0. The third-order valence-corrected chi connectivity index (χ3v) is 3.82. The highest BCUT2D eigenvalue weighted by atomic mass is 32.1. The van der Waals surface area contributed by atoms with E-state index in [1.807, 2.05) is 33.1 Å². The third-order valence-electron chi connectivity index (χ3n) is 2.87. The van der Waals surface area contributed by atoms with Gasteiger partial charge in [-0.2, -0.15) is 0 Å². The summed E-state index contributed by atoms with van der Waals surface area (Å²) in [6.45, 7) is 10.6. The number of ether oxygens (including phenoxy) is 1. The molecule has 0 bridgehead atoms. The highest BCUT2D eigenvalue weighted by Gasteiger charge is 2.30. The predicted molar refractivity (Wildman–Crippen MR) is 80.6 cm³/mol. The molecule has 0 amide bonds. The fourth-order valence-corrected chi connectivity index (χ4v) is 2.86. The van der Waals surface area contributed by atoms with E-state index in [9.17, 15) is 4.79 Å². The number of aromatic nitrogens is 4. The van der Waals surface area contributed by atoms with Crippen LogP contribution in [-0.4, -0.2) is 32.6 Å². The molecule has 0 aliphatic rings. The van der Waals surface area contributed by atoms with E-state index in [2.05, 4.69) is 15.3 Å². The van der Waals surface area contributed by atoms with Gasteiger partial charge >= 0.3 is 5.97 Å². The van der Waals surface area contributed by atoms with Crippen LogP contribution in [0, 0.1) is 6.92 Å². The SMILES string of the molecule is CCOC(=O)c1nnn(Cc2nc(C)cs2)c1C(C)(C)C. The molecule has 0 atom stereocenters. The number of aryl methyl sites for hydroxylation is 1. The van der Waals surface area contributed by atoms with Crippen molar-refractivity contribution in [3.8, 4) is 0 Å². The van der Waals surface area contributed by atoms with Gasteiger partial charge in [0, 0.05) is 16.5 Å². The molecule has 114 valence electrons. The molecule has 2 aromatic rings. The largest absolute Gasteiger partial charge is 0.461 e. The Hall–Kier alpha value is -1.76. The van der Waals surface area contributed by atoms with Crippen LogP contribution in [0.1, 0.15) is 54.6 Å². The Balaban J connectivity index is 2.39. The van der Waals surface area contributed by atoms with Gasteiger partial charge in [-0.05, 0) is 13.8 Å². The molecule has 0 fully saturated rings. The van der Waals surface area contributed by atoms with Crippen LogP contribution in [-0.2, 0) is 16.7 Å². The zero-order valence-electron chi connectivity index (χ0n) is 13.0. The van der Waals surface area contributed by atoms with Crippen LogP contribution in [0.15, 0.2) is 5.38 Å². The molecular formula is C14H20N4O2S. The quantitative estimate of drug-likeness (QED) is 0.812. The molecule has 0 aliphatic carbocycles. The Kier molecular flexibility index (Phi) is 4.41. The number of hydrogen-bond acceptors (Lipinski definition) is 6. The fourth-order valence-electron chi connectivity index (χ4n) is 2.11. The molecule has 0 spiro atoms. The highest BCUT2D eigenvalue weighted by Crippen LogP contribution is 2.26. The van der Waals surface area contributed by atoms with Crippen molar-refractivity contribution >= 4 is 17.3 Å². The second-order valence-corrected chi connectivity index (χ2v) is 6.74. The topological polar surface area (TPSA) is 69.9 Å². The minimum Gasteiger partial charge on any atom is -0.461 e. The van der Waals surface area contributed by atoms with Crippen molar-refractivity contribution in [1.82, 2.24) is 20.0 Å². The molecule has 0 radical (unpaired) electrons. The predicted octanol–water partition coefficient (Wildman–Crippen LogP) is 2.57. The Labute approximate surface area is 128 Å². The van der Waals surface area contributed by atoms with E-state index < -0.39 is 5.97 Å². The summed E-state index contributed by atoms with van der Waals surface area (Å²) in [4.78, 5) is 16.5. The van der Waals surface area contributed by atoms with Gasteiger partial charge < -0.3 is 4.74 Å². The summed E-state index contributed by atoms with van der Waals surface area (Å²) in [6.07, 6.45) is 0. The van der Waals surface area contributed by atoms with E-state index >= 15 is 0 Å². The molecule has 0 saturated carbocycles. The van der Waals surface area contributed by atoms with Crippen LogP contribution in [0.25, 0.3) is 0 Å². The van der Waals surface area contributed by atoms with Crippen LogP contribution in [0.3, 0.4) is 0 Å². The first-order valence-electron chi connectivity index (χ1n) is 6.85. The Morgan fingerprint density at radius 1 is 1.43 bits per heavy atom. The average Bonchev–Trinajstić information content (AvgIpc) is 2.96. The first-order valence-corrected chi connectivity index (χ1v) is 7.73. The van der Waals surface area contributed by atoms with Crippen molar-refractivity contribution in [3.05, 3.63) is 27.5 Å². The average molecular weight is 308 g/mol. The lowest BCUT2D eigenvalue weighted by Crippen LogP contribution is -2.23. The number of rotatable bonds is 4. The van der Waals surface area contributed by atoms with E-state index in [1.54, 1.807) is 22.9 Å². The van der Waals surface area contributed by atoms with Crippen LogP contribution >= 0.6 is 11.3 Å². The van der Waals surface area contributed by atoms with Crippen molar-refractivity contribution < 1.29 is 9.53 Å². The summed E-state index contributed by atoms with van der Waals surface area (Å²) >= 11 is 1.58. The minimum atomic E-state index is -0.427. The van der Waals surface area contributed by atoms with Gasteiger partial charge in [0.1, 0.15) is 5.01 Å². The van der Waals surface area contributed by atoms with Crippen molar-refractivity contribution in [2.24, 2.45) is 0 Å². The van der Waals surface area contributed by atoms with Gasteiger partial charge in [-0.15, -0.1) is 16.4 Å². The Bertz CT molecular complexity index is 640. The number of thiazole rings is 1. The number of hydrogen-bond donors (Lipinski definition) is 0. The lowest BCUT2D eigenvalue weighted by molar-refractivity contribution is 0.0516. The maximum Gasteiger partial charge on any atom is 0.360 e. The molecule has 2 heterocycles. The monoisotopic (exact) mass is 308 g/mol. The van der Waals surface area contributed by atoms with E-state index in [0.717, 1.165) is 16.4 Å². The molecule has 0 saturated heterocycles. The van der Waals surface area contributed by atoms with Crippen molar-refractivity contribution in [1.29, 1.82) is 0 Å². The minimum absolute atomic E-state index is 0.266. The zero-order chi connectivity index (χ0) is 15.6. The normalized spacial score (nSPS) is 11.7. The third kappa shape index (κ3) is 3.47. The summed E-state index contributed by atoms with van der Waals surface area (Å²) in [5.74, 6) is -0.427. The smallest absolute Gasteiger partial charge is 0.360 e. The molecule has 21 heavy (non-hydrogen) atoms. The summed E-state index contributed by atoms with van der Waals surface area (Å²) < 4.78 is 6.80. The second-order valence-electron chi connectivity index (χ2n) is 5.80. The molecule has 0 unspecified atom stereocenters. The summed E-state index contributed by atoms with van der Waals surface area (Å²) in [7, 11) is 0. The highest BCUT2D eigenvalue weighted by molar-refractivity contribution is 7.09. The van der Waals surface area contributed by atoms with E-state index in [1.165, 1.54) is 0 Å². The van der Waals surface area contributed by atoms with Crippen LogP contribution in [0.5, 0.6) is 0 Å². The van der Waals surface area contributed by atoms with Crippen molar-refractivity contribution in [3.63, 3.8) is 0 Å². The number of carbonyl (C=O) groups excluding carboxylic acids is 1. The standard InChI is InChI=1S/C14H20N4O2S/c1-6-20-13(19)11-12(14(3,4)5)18(17-16-11)7-10-15-9(2)8-21-10/h8H,6-7H2,1-5H3. The van der Waals surface area contributed by atoms with Gasteiger partial charge in [-0.3, -0.25) is 0 Å². The summed E-state index contributed by atoms with van der Waals surface area (Å²) in [5.41, 5.74) is 1.78. The van der Waals surface area contributed by atoms with Gasteiger partial charge in [0.15, 0.2) is 5.69 Å². The molecular weight excluding hydrogens is 288 g/mol. The van der Waals surface area contributed by atoms with Gasteiger partial charge in [0.25, 0.3) is 0 Å². The molecule has 0 aliphatic heterocycles. The van der Waals surface area contributed by atoms with Crippen molar-refractivity contribution in [2.45, 2.75) is 46.6 Å². The molecule has 2 aromatic heterocycles. The second kappa shape index (κ2) is 5.93. The fraction of sp³-hybridized carbons (Fsp3) is 0.571. The Morgan fingerprint density at radius 2 is 2.14 bits per heavy atom. The maximum absolute atomic E-state index is 12.0. The van der Waals surface area contributed by atoms with Crippen molar-refractivity contribution in [2.75, 3.05) is 6.61 Å². The van der Waals surface area contributed by atoms with Gasteiger partial charge in [-0.1, -0.05) is 26.0 Å². The van der Waals surface area contributed by atoms with E-state index in [-0.39, 0.29) is 11.1 Å². The lowest BCUT2D eigenvalue weighted by Gasteiger charge is -2.20. The summed E-state index contributed by atoms with van der Waals surface area (Å²) in [5, 5.41) is 11.1. The van der Waals surface area contributed by atoms with Crippen LogP contribution < -0.4 is 0 Å². The number of nitrogens with zero attached hydrogens (tertiary/aromatic N) is 4. The molecule has 2 rings (SSSR count). The zero-order valence-corrected chi connectivity index (χ0v) is 13.8. The molecule has 0 aromatic carbocycles. The molecule has 0 N–H and O–H groups in total. The molecule has 7 heteroatoms. The first-order chi connectivity index (χ1) is 9.82. The number of esters is 1. The number of carbonyl (C=O) groups is 1. The van der Waals surface area contributed by atoms with Crippen LogP contribution in [0.4, 0.5) is 0 Å².